The van der Waals surface area contributed by atoms with Gasteiger partial charge in [0, 0.05) is 53.1 Å². The number of ether oxygens (including phenoxy) is 2. The molecular formula is C27H27ClN2O6. The first-order valence-electron chi connectivity index (χ1n) is 11.8. The van der Waals surface area contributed by atoms with Gasteiger partial charge in [-0.25, -0.2) is 4.79 Å². The average molecular weight is 511 g/mol. The molecule has 2 aromatic rings. The van der Waals surface area contributed by atoms with Crippen LogP contribution in [-0.4, -0.2) is 36.5 Å². The maximum atomic E-state index is 13.6. The highest BCUT2D eigenvalue weighted by Gasteiger charge is 2.41. The zero-order valence-electron chi connectivity index (χ0n) is 20.1. The number of nitrogens with zero attached hydrogens (tertiary/aromatic N) is 1. The molecule has 8 nitrogen and oxygen atoms in total. The van der Waals surface area contributed by atoms with Crippen molar-refractivity contribution in [3.63, 3.8) is 0 Å². The van der Waals surface area contributed by atoms with E-state index in [0.29, 0.717) is 40.5 Å². The molecule has 2 aromatic carbocycles. The Labute approximate surface area is 214 Å². The number of carbonyl (C=O) groups excluding carboxylic acids is 2. The minimum atomic E-state index is -0.694. The van der Waals surface area contributed by atoms with E-state index in [9.17, 15) is 19.7 Å². The Bertz CT molecular complexity index is 1230. The quantitative estimate of drug-likeness (QED) is 0.225. The molecule has 0 aromatic heterocycles. The highest BCUT2D eigenvalue weighted by molar-refractivity contribution is 6.30. The molecule has 1 aliphatic carbocycles. The number of nitro benzene ring substituents is 1. The summed E-state index contributed by atoms with van der Waals surface area (Å²) < 4.78 is 10.7. The van der Waals surface area contributed by atoms with E-state index in [2.05, 4.69) is 5.32 Å². The zero-order valence-corrected chi connectivity index (χ0v) is 20.8. The Kier molecular flexibility index (Phi) is 7.86. The van der Waals surface area contributed by atoms with E-state index in [1.54, 1.807) is 31.2 Å². The Morgan fingerprint density at radius 1 is 1.08 bits per heavy atom. The molecule has 0 amide bonds. The van der Waals surface area contributed by atoms with Gasteiger partial charge in [0.25, 0.3) is 5.69 Å². The number of esters is 1. The van der Waals surface area contributed by atoms with Crippen LogP contribution in [0.2, 0.25) is 5.02 Å². The SMILES string of the molecule is CCOCCOC(=O)C1=C(C)NC2=C(C(=O)C[C@H](c3ccc(Cl)cc3)C2)[C@H]1c1ccc([N+](=O)[O-])cc1. The number of non-ortho nitro benzene ring substituents is 1. The van der Waals surface area contributed by atoms with Crippen molar-refractivity contribution in [1.82, 2.24) is 5.32 Å². The normalized spacial score (nSPS) is 19.6. The van der Waals surface area contributed by atoms with Crippen molar-refractivity contribution in [2.75, 3.05) is 19.8 Å². The van der Waals surface area contributed by atoms with Crippen LogP contribution in [0.1, 0.15) is 49.7 Å². The van der Waals surface area contributed by atoms with Crippen LogP contribution >= 0.6 is 11.6 Å². The summed E-state index contributed by atoms with van der Waals surface area (Å²) in [5, 5.41) is 15.1. The van der Waals surface area contributed by atoms with Crippen molar-refractivity contribution in [2.45, 2.75) is 38.5 Å². The zero-order chi connectivity index (χ0) is 25.8. The molecule has 0 spiro atoms. The second kappa shape index (κ2) is 11.1. The Hall–Kier alpha value is -3.49. The number of Topliss-reactive ketones (excluding diaryl/α,β-unsaturated/α-hetero) is 1. The highest BCUT2D eigenvalue weighted by atomic mass is 35.5. The lowest BCUT2D eigenvalue weighted by molar-refractivity contribution is -0.384. The van der Waals surface area contributed by atoms with Gasteiger partial charge < -0.3 is 14.8 Å². The maximum absolute atomic E-state index is 13.6. The third-order valence-electron chi connectivity index (χ3n) is 6.49. The molecule has 0 saturated heterocycles. The number of benzene rings is 2. The number of hydrogen-bond acceptors (Lipinski definition) is 7. The monoisotopic (exact) mass is 510 g/mol. The van der Waals surface area contributed by atoms with Crippen molar-refractivity contribution >= 4 is 29.0 Å². The smallest absolute Gasteiger partial charge is 0.336 e. The van der Waals surface area contributed by atoms with Crippen molar-refractivity contribution in [1.29, 1.82) is 0 Å². The van der Waals surface area contributed by atoms with E-state index in [1.165, 1.54) is 12.1 Å². The largest absolute Gasteiger partial charge is 0.460 e. The van der Waals surface area contributed by atoms with E-state index >= 15 is 0 Å². The third-order valence-corrected chi connectivity index (χ3v) is 6.74. The summed E-state index contributed by atoms with van der Waals surface area (Å²) in [5.74, 6) is -1.37. The lowest BCUT2D eigenvalue weighted by Gasteiger charge is -2.36. The second-order valence-corrected chi connectivity index (χ2v) is 9.19. The van der Waals surface area contributed by atoms with Gasteiger partial charge in [0.15, 0.2) is 5.78 Å². The van der Waals surface area contributed by atoms with Gasteiger partial charge in [0.05, 0.1) is 17.1 Å². The van der Waals surface area contributed by atoms with E-state index in [1.807, 2.05) is 19.1 Å². The number of allylic oxidation sites excluding steroid dienone is 3. The fraction of sp³-hybridized carbons (Fsp3) is 0.333. The number of ketones is 1. The number of carbonyl (C=O) groups is 2. The summed E-state index contributed by atoms with van der Waals surface area (Å²) in [6.45, 7) is 4.47. The average Bonchev–Trinajstić information content (AvgIpc) is 2.86. The van der Waals surface area contributed by atoms with Crippen LogP contribution in [0.15, 0.2) is 71.1 Å². The van der Waals surface area contributed by atoms with Crippen LogP contribution in [-0.2, 0) is 19.1 Å². The second-order valence-electron chi connectivity index (χ2n) is 8.75. The molecule has 0 fully saturated rings. The minimum absolute atomic E-state index is 0.0361. The molecule has 1 aliphatic heterocycles. The summed E-state index contributed by atoms with van der Waals surface area (Å²) in [6, 6.07) is 13.4. The van der Waals surface area contributed by atoms with Gasteiger partial charge >= 0.3 is 5.97 Å². The van der Waals surface area contributed by atoms with Crippen LogP contribution in [0.4, 0.5) is 5.69 Å². The van der Waals surface area contributed by atoms with E-state index in [-0.39, 0.29) is 37.0 Å². The van der Waals surface area contributed by atoms with Crippen molar-refractivity contribution < 1.29 is 24.0 Å². The molecule has 0 radical (unpaired) electrons. The molecule has 188 valence electrons. The van der Waals surface area contributed by atoms with Crippen LogP contribution in [0.5, 0.6) is 0 Å². The number of nitro groups is 1. The summed E-state index contributed by atoms with van der Waals surface area (Å²) >= 11 is 6.04. The summed E-state index contributed by atoms with van der Waals surface area (Å²) in [6.07, 6.45) is 0.855. The summed E-state index contributed by atoms with van der Waals surface area (Å²) in [4.78, 5) is 37.5. The molecule has 2 atom stereocenters. The highest BCUT2D eigenvalue weighted by Crippen LogP contribution is 2.46. The molecule has 2 aliphatic rings. The van der Waals surface area contributed by atoms with E-state index < -0.39 is 16.8 Å². The fourth-order valence-corrected chi connectivity index (χ4v) is 4.94. The first-order chi connectivity index (χ1) is 17.3. The number of dihydropyridines is 1. The van der Waals surface area contributed by atoms with Crippen molar-refractivity contribution in [3.8, 4) is 0 Å². The molecule has 0 bridgehead atoms. The van der Waals surface area contributed by atoms with E-state index in [4.69, 9.17) is 21.1 Å². The number of halogens is 1. The fourth-order valence-electron chi connectivity index (χ4n) is 4.82. The van der Waals surface area contributed by atoms with Gasteiger partial charge in [0.1, 0.15) is 6.61 Å². The Morgan fingerprint density at radius 2 is 1.75 bits per heavy atom. The van der Waals surface area contributed by atoms with Gasteiger partial charge in [-0.15, -0.1) is 0 Å². The first kappa shape index (κ1) is 25.6. The predicted octanol–water partition coefficient (Wildman–Crippen LogP) is 5.19. The summed E-state index contributed by atoms with van der Waals surface area (Å²) in [7, 11) is 0. The van der Waals surface area contributed by atoms with Crippen molar-refractivity contribution in [2.24, 2.45) is 0 Å². The van der Waals surface area contributed by atoms with Crippen LogP contribution in [0, 0.1) is 10.1 Å². The van der Waals surface area contributed by atoms with Gasteiger partial charge in [-0.3, -0.25) is 14.9 Å². The molecule has 0 saturated carbocycles. The molecule has 9 heteroatoms. The van der Waals surface area contributed by atoms with Gasteiger partial charge in [-0.1, -0.05) is 35.9 Å². The lowest BCUT2D eigenvalue weighted by Crippen LogP contribution is -2.36. The van der Waals surface area contributed by atoms with Crippen molar-refractivity contribution in [3.05, 3.63) is 97.3 Å². The maximum Gasteiger partial charge on any atom is 0.336 e. The van der Waals surface area contributed by atoms with Crippen LogP contribution in [0.25, 0.3) is 0 Å². The molecule has 0 unspecified atom stereocenters. The standard InChI is InChI=1S/C27H27ClN2O6/c1-3-35-12-13-36-27(32)24-16(2)29-22-14-19(17-4-8-20(28)9-5-17)15-23(31)26(22)25(24)18-6-10-21(11-7-18)30(33)34/h4-11,19,25,29H,3,12-15H2,1-2H3/t19-,25+/m1/s1. The number of nitrogens with one attached hydrogen (secondary N) is 1. The Balaban J connectivity index is 1.72. The topological polar surface area (TPSA) is 108 Å². The predicted molar refractivity (Wildman–Crippen MR) is 135 cm³/mol. The summed E-state index contributed by atoms with van der Waals surface area (Å²) in [5.41, 5.74) is 3.70. The molecule has 1 heterocycles. The Morgan fingerprint density at radius 3 is 2.39 bits per heavy atom. The molecule has 36 heavy (non-hydrogen) atoms. The molecule has 1 N–H and O–H groups in total. The van der Waals surface area contributed by atoms with Gasteiger partial charge in [-0.05, 0) is 49.4 Å². The number of hydrogen-bond donors (Lipinski definition) is 1. The third kappa shape index (κ3) is 5.34. The van der Waals surface area contributed by atoms with Crippen LogP contribution < -0.4 is 5.32 Å². The first-order valence-corrected chi connectivity index (χ1v) is 12.2. The lowest BCUT2D eigenvalue weighted by atomic mass is 9.71. The minimum Gasteiger partial charge on any atom is -0.460 e. The van der Waals surface area contributed by atoms with Crippen LogP contribution in [0.3, 0.4) is 0 Å². The molecule has 4 rings (SSSR count). The number of rotatable bonds is 8. The molecular weight excluding hydrogens is 484 g/mol. The van der Waals surface area contributed by atoms with Gasteiger partial charge in [0.2, 0.25) is 0 Å². The van der Waals surface area contributed by atoms with E-state index in [0.717, 1.165) is 11.3 Å². The van der Waals surface area contributed by atoms with Gasteiger partial charge in [-0.2, -0.15) is 0 Å².